The number of hydrogen-bond donors (Lipinski definition) is 0. The molecule has 30 heavy (non-hydrogen) atoms. The summed E-state index contributed by atoms with van der Waals surface area (Å²) in [6, 6.07) is 18.4. The Morgan fingerprint density at radius 3 is 2.63 bits per heavy atom. The van der Waals surface area contributed by atoms with Crippen LogP contribution in [0.15, 0.2) is 65.8 Å². The van der Waals surface area contributed by atoms with Gasteiger partial charge in [0.15, 0.2) is 11.0 Å². The Bertz CT molecular complexity index is 953. The van der Waals surface area contributed by atoms with E-state index >= 15 is 0 Å². The van der Waals surface area contributed by atoms with Gasteiger partial charge < -0.3 is 4.74 Å². The van der Waals surface area contributed by atoms with E-state index in [4.69, 9.17) is 4.74 Å². The number of methoxy groups -OCH3 is 1. The van der Waals surface area contributed by atoms with E-state index in [1.165, 1.54) is 5.56 Å². The third-order valence-electron chi connectivity index (χ3n) is 4.50. The summed E-state index contributed by atoms with van der Waals surface area (Å²) in [5, 5.41) is 9.93. The summed E-state index contributed by atoms with van der Waals surface area (Å²) < 4.78 is 7.57. The average Bonchev–Trinajstić information content (AvgIpc) is 3.15. The van der Waals surface area contributed by atoms with Crippen molar-refractivity contribution >= 4 is 17.8 Å². The molecule has 0 aliphatic carbocycles. The normalized spacial score (nSPS) is 11.7. The Hall–Kier alpha value is -2.57. The lowest BCUT2D eigenvalue weighted by Gasteiger charge is -2.16. The second-order valence-corrected chi connectivity index (χ2v) is 8.64. The molecule has 0 amide bonds. The fraction of sp³-hybridized carbons (Fsp3) is 0.333. The zero-order valence-electron chi connectivity index (χ0n) is 18.2. The standard InChI is InChI=1S/C24H30N4OS/c1-19(2)18-30-24-26-25-23(28(24)21-13-8-14-22(16-21)29-4)17-27(3)15-9-12-20-10-6-5-7-11-20/h5-14,16,19H,15,17-18H2,1-4H3/b12-9+. The van der Waals surface area contributed by atoms with Crippen molar-refractivity contribution in [2.75, 3.05) is 26.5 Å². The van der Waals surface area contributed by atoms with Gasteiger partial charge in [0, 0.05) is 18.4 Å². The first kappa shape index (κ1) is 22.1. The van der Waals surface area contributed by atoms with E-state index in [2.05, 4.69) is 83.0 Å². The van der Waals surface area contributed by atoms with Crippen LogP contribution in [0, 0.1) is 5.92 Å². The quantitative estimate of drug-likeness (QED) is 0.422. The first-order chi connectivity index (χ1) is 14.6. The highest BCUT2D eigenvalue weighted by molar-refractivity contribution is 7.99. The first-order valence-electron chi connectivity index (χ1n) is 10.2. The van der Waals surface area contributed by atoms with Gasteiger partial charge in [-0.3, -0.25) is 9.47 Å². The van der Waals surface area contributed by atoms with Gasteiger partial charge in [0.05, 0.1) is 19.3 Å². The number of benzene rings is 2. The van der Waals surface area contributed by atoms with Crippen LogP contribution in [0.25, 0.3) is 11.8 Å². The van der Waals surface area contributed by atoms with Crippen molar-refractivity contribution in [1.29, 1.82) is 0 Å². The maximum atomic E-state index is 5.43. The Morgan fingerprint density at radius 1 is 1.10 bits per heavy atom. The molecular formula is C24H30N4OS. The SMILES string of the molecule is COc1cccc(-n2c(CN(C)C/C=C/c3ccccc3)nnc2SCC(C)C)c1. The molecule has 0 N–H and O–H groups in total. The van der Waals surface area contributed by atoms with Gasteiger partial charge in [-0.05, 0) is 30.7 Å². The van der Waals surface area contributed by atoms with Crippen molar-refractivity contribution in [3.63, 3.8) is 0 Å². The molecule has 1 heterocycles. The summed E-state index contributed by atoms with van der Waals surface area (Å²) in [6.07, 6.45) is 4.32. The van der Waals surface area contributed by atoms with Gasteiger partial charge in [0.2, 0.25) is 0 Å². The van der Waals surface area contributed by atoms with Crippen LogP contribution < -0.4 is 4.74 Å². The molecule has 0 unspecified atom stereocenters. The maximum absolute atomic E-state index is 5.43. The Kier molecular flexibility index (Phi) is 8.11. The fourth-order valence-corrected chi connectivity index (χ4v) is 3.91. The van der Waals surface area contributed by atoms with Gasteiger partial charge >= 0.3 is 0 Å². The summed E-state index contributed by atoms with van der Waals surface area (Å²) in [5.74, 6) is 3.33. The van der Waals surface area contributed by atoms with E-state index in [-0.39, 0.29) is 0 Å². The Labute approximate surface area is 183 Å². The van der Waals surface area contributed by atoms with Crippen LogP contribution in [-0.2, 0) is 6.54 Å². The van der Waals surface area contributed by atoms with Crippen molar-refractivity contribution in [2.45, 2.75) is 25.5 Å². The number of rotatable bonds is 10. The van der Waals surface area contributed by atoms with Gasteiger partial charge in [-0.1, -0.05) is 74.2 Å². The number of nitrogens with zero attached hydrogens (tertiary/aromatic N) is 4. The molecule has 0 spiro atoms. The minimum absolute atomic E-state index is 0.583. The minimum atomic E-state index is 0.583. The molecule has 158 valence electrons. The van der Waals surface area contributed by atoms with E-state index in [1.807, 2.05) is 24.3 Å². The third kappa shape index (κ3) is 6.21. The molecule has 0 saturated heterocycles. The van der Waals surface area contributed by atoms with E-state index in [1.54, 1.807) is 18.9 Å². The fourth-order valence-electron chi connectivity index (χ4n) is 2.99. The van der Waals surface area contributed by atoms with E-state index < -0.39 is 0 Å². The lowest BCUT2D eigenvalue weighted by Crippen LogP contribution is -2.20. The van der Waals surface area contributed by atoms with Gasteiger partial charge in [-0.25, -0.2) is 0 Å². The largest absolute Gasteiger partial charge is 0.497 e. The van der Waals surface area contributed by atoms with Crippen LogP contribution in [0.5, 0.6) is 5.75 Å². The van der Waals surface area contributed by atoms with Crippen LogP contribution >= 0.6 is 11.8 Å². The molecule has 0 aliphatic heterocycles. The molecule has 3 aromatic rings. The highest BCUT2D eigenvalue weighted by Crippen LogP contribution is 2.26. The van der Waals surface area contributed by atoms with Crippen LogP contribution in [-0.4, -0.2) is 46.1 Å². The minimum Gasteiger partial charge on any atom is -0.497 e. The predicted octanol–water partition coefficient (Wildman–Crippen LogP) is 5.17. The molecule has 6 heteroatoms. The average molecular weight is 423 g/mol. The molecule has 2 aromatic carbocycles. The van der Waals surface area contributed by atoms with Crippen LogP contribution in [0.2, 0.25) is 0 Å². The number of aromatic nitrogens is 3. The summed E-state index contributed by atoms with van der Waals surface area (Å²) in [6.45, 7) is 5.96. The van der Waals surface area contributed by atoms with Crippen molar-refractivity contribution in [1.82, 2.24) is 19.7 Å². The van der Waals surface area contributed by atoms with Crippen molar-refractivity contribution < 1.29 is 4.74 Å². The number of thioether (sulfide) groups is 1. The lowest BCUT2D eigenvalue weighted by molar-refractivity contribution is 0.350. The van der Waals surface area contributed by atoms with Gasteiger partial charge in [-0.2, -0.15) is 0 Å². The summed E-state index contributed by atoms with van der Waals surface area (Å²) >= 11 is 1.74. The van der Waals surface area contributed by atoms with E-state index in [9.17, 15) is 0 Å². The summed E-state index contributed by atoms with van der Waals surface area (Å²) in [7, 11) is 3.79. The molecule has 5 nitrogen and oxygen atoms in total. The van der Waals surface area contributed by atoms with Crippen LogP contribution in [0.3, 0.4) is 0 Å². The number of ether oxygens (including phenoxy) is 1. The number of hydrogen-bond acceptors (Lipinski definition) is 5. The maximum Gasteiger partial charge on any atom is 0.195 e. The molecule has 0 fully saturated rings. The van der Waals surface area contributed by atoms with Gasteiger partial charge in [0.1, 0.15) is 5.75 Å². The zero-order valence-corrected chi connectivity index (χ0v) is 19.0. The molecule has 0 aliphatic rings. The summed E-state index contributed by atoms with van der Waals surface area (Å²) in [5.41, 5.74) is 2.23. The molecule has 3 rings (SSSR count). The predicted molar refractivity (Wildman–Crippen MR) is 125 cm³/mol. The van der Waals surface area contributed by atoms with E-state index in [0.29, 0.717) is 12.5 Å². The van der Waals surface area contributed by atoms with E-state index in [0.717, 1.165) is 34.7 Å². The smallest absolute Gasteiger partial charge is 0.195 e. The topological polar surface area (TPSA) is 43.2 Å². The highest BCUT2D eigenvalue weighted by atomic mass is 32.2. The van der Waals surface area contributed by atoms with Crippen molar-refractivity contribution in [3.8, 4) is 11.4 Å². The highest BCUT2D eigenvalue weighted by Gasteiger charge is 2.16. The first-order valence-corrected chi connectivity index (χ1v) is 11.2. The Balaban J connectivity index is 1.78. The molecule has 0 saturated carbocycles. The molecule has 0 radical (unpaired) electrons. The van der Waals surface area contributed by atoms with Crippen molar-refractivity contribution in [3.05, 3.63) is 72.1 Å². The molecule has 0 bridgehead atoms. The van der Waals surface area contributed by atoms with Gasteiger partial charge in [-0.15, -0.1) is 10.2 Å². The zero-order chi connectivity index (χ0) is 21.3. The third-order valence-corrected chi connectivity index (χ3v) is 5.85. The van der Waals surface area contributed by atoms with Crippen LogP contribution in [0.4, 0.5) is 0 Å². The molecule has 1 aromatic heterocycles. The Morgan fingerprint density at radius 2 is 1.90 bits per heavy atom. The monoisotopic (exact) mass is 422 g/mol. The molecule has 0 atom stereocenters. The lowest BCUT2D eigenvalue weighted by atomic mass is 10.2. The van der Waals surface area contributed by atoms with Crippen LogP contribution in [0.1, 0.15) is 25.2 Å². The van der Waals surface area contributed by atoms with Crippen molar-refractivity contribution in [2.24, 2.45) is 5.92 Å². The second-order valence-electron chi connectivity index (χ2n) is 7.65. The van der Waals surface area contributed by atoms with Gasteiger partial charge in [0.25, 0.3) is 0 Å². The molecular weight excluding hydrogens is 392 g/mol. The summed E-state index contributed by atoms with van der Waals surface area (Å²) in [4.78, 5) is 2.23. The number of likely N-dealkylation sites (N-methyl/N-ethyl adjacent to an activating group) is 1. The second kappa shape index (κ2) is 11.0.